The first kappa shape index (κ1) is 12.4. The minimum Gasteiger partial charge on any atom is -0.496 e. The van der Waals surface area contributed by atoms with Gasteiger partial charge in [-0.25, -0.2) is 0 Å². The lowest BCUT2D eigenvalue weighted by atomic mass is 10.1. The van der Waals surface area contributed by atoms with E-state index in [0.717, 1.165) is 11.3 Å². The molecule has 0 spiro atoms. The maximum atomic E-state index is 11.9. The Morgan fingerprint density at radius 2 is 2.28 bits per heavy atom. The zero-order valence-corrected chi connectivity index (χ0v) is 10.4. The highest BCUT2D eigenvalue weighted by Crippen LogP contribution is 2.21. The number of aryl methyl sites for hydroxylation is 1. The Hall–Kier alpha value is -2.04. The molecule has 1 atom stereocenters. The second kappa shape index (κ2) is 5.08. The van der Waals surface area contributed by atoms with Crippen LogP contribution in [0.4, 0.5) is 5.69 Å². The fourth-order valence-electron chi connectivity index (χ4n) is 2.00. The molecule has 0 saturated carbocycles. The third kappa shape index (κ3) is 2.61. The van der Waals surface area contributed by atoms with E-state index in [1.165, 1.54) is 0 Å². The van der Waals surface area contributed by atoms with E-state index in [1.54, 1.807) is 19.2 Å². The van der Waals surface area contributed by atoms with E-state index in [2.05, 4.69) is 10.6 Å². The molecule has 1 aliphatic rings. The summed E-state index contributed by atoms with van der Waals surface area (Å²) in [6, 6.07) is 5.01. The summed E-state index contributed by atoms with van der Waals surface area (Å²) in [5.41, 5.74) is 1.66. The van der Waals surface area contributed by atoms with E-state index >= 15 is 0 Å². The van der Waals surface area contributed by atoms with Crippen LogP contribution in [0.25, 0.3) is 0 Å². The summed E-state index contributed by atoms with van der Waals surface area (Å²) in [7, 11) is 1.61. The maximum absolute atomic E-state index is 11.9. The smallest absolute Gasteiger partial charge is 0.246 e. The highest BCUT2D eigenvalue weighted by molar-refractivity contribution is 5.99. The van der Waals surface area contributed by atoms with Crippen molar-refractivity contribution in [3.05, 3.63) is 23.8 Å². The van der Waals surface area contributed by atoms with Gasteiger partial charge < -0.3 is 15.4 Å². The summed E-state index contributed by atoms with van der Waals surface area (Å²) in [6.45, 7) is 1.91. The Morgan fingerprint density at radius 3 is 2.83 bits per heavy atom. The van der Waals surface area contributed by atoms with Crippen molar-refractivity contribution in [1.29, 1.82) is 0 Å². The fourth-order valence-corrected chi connectivity index (χ4v) is 2.00. The van der Waals surface area contributed by atoms with Crippen LogP contribution in [0.15, 0.2) is 18.2 Å². The first-order valence-electron chi connectivity index (χ1n) is 5.85. The molecule has 18 heavy (non-hydrogen) atoms. The fraction of sp³-hybridized carbons (Fsp3) is 0.385. The van der Waals surface area contributed by atoms with Crippen LogP contribution in [-0.4, -0.2) is 25.0 Å². The van der Waals surface area contributed by atoms with Crippen molar-refractivity contribution in [2.45, 2.75) is 25.8 Å². The molecule has 2 rings (SSSR count). The van der Waals surface area contributed by atoms with Gasteiger partial charge in [-0.2, -0.15) is 0 Å². The molecule has 2 amide bonds. The summed E-state index contributed by atoms with van der Waals surface area (Å²) in [6.07, 6.45) is 0.972. The van der Waals surface area contributed by atoms with Gasteiger partial charge in [0.25, 0.3) is 0 Å². The van der Waals surface area contributed by atoms with Gasteiger partial charge in [-0.3, -0.25) is 9.59 Å². The number of carbonyl (C=O) groups excluding carboxylic acids is 2. The van der Waals surface area contributed by atoms with Gasteiger partial charge in [0.15, 0.2) is 0 Å². The predicted octanol–water partition coefficient (Wildman–Crippen LogP) is 1.22. The molecule has 1 fully saturated rings. The minimum atomic E-state index is -0.417. The summed E-state index contributed by atoms with van der Waals surface area (Å²) < 4.78 is 5.15. The Morgan fingerprint density at radius 1 is 1.50 bits per heavy atom. The van der Waals surface area contributed by atoms with Crippen LogP contribution in [0.2, 0.25) is 0 Å². The number of methoxy groups -OCH3 is 1. The molecule has 1 aliphatic heterocycles. The first-order chi connectivity index (χ1) is 8.60. The van der Waals surface area contributed by atoms with Crippen molar-refractivity contribution in [2.75, 3.05) is 12.4 Å². The van der Waals surface area contributed by atoms with E-state index in [1.807, 2.05) is 13.0 Å². The number of nitrogens with one attached hydrogen (secondary N) is 2. The number of hydrogen-bond donors (Lipinski definition) is 2. The Balaban J connectivity index is 2.03. The minimum absolute atomic E-state index is 0.0685. The second-order valence-corrected chi connectivity index (χ2v) is 4.33. The van der Waals surface area contributed by atoms with E-state index < -0.39 is 6.04 Å². The monoisotopic (exact) mass is 248 g/mol. The average Bonchev–Trinajstić information content (AvgIpc) is 2.76. The predicted molar refractivity (Wildman–Crippen MR) is 67.5 cm³/mol. The van der Waals surface area contributed by atoms with Crippen LogP contribution in [0, 0.1) is 6.92 Å². The lowest BCUT2D eigenvalue weighted by Crippen LogP contribution is -2.37. The molecular weight excluding hydrogens is 232 g/mol. The van der Waals surface area contributed by atoms with Gasteiger partial charge in [0.1, 0.15) is 11.8 Å². The van der Waals surface area contributed by atoms with Crippen LogP contribution in [-0.2, 0) is 9.59 Å². The van der Waals surface area contributed by atoms with Crippen LogP contribution in [0.1, 0.15) is 18.4 Å². The Bertz CT molecular complexity index is 485. The van der Waals surface area contributed by atoms with E-state index in [-0.39, 0.29) is 11.8 Å². The number of amides is 2. The molecule has 1 heterocycles. The Labute approximate surface area is 106 Å². The van der Waals surface area contributed by atoms with Crippen molar-refractivity contribution >= 4 is 17.5 Å². The maximum Gasteiger partial charge on any atom is 0.246 e. The van der Waals surface area contributed by atoms with Crippen LogP contribution < -0.4 is 15.4 Å². The lowest BCUT2D eigenvalue weighted by Gasteiger charge is -2.12. The third-order valence-corrected chi connectivity index (χ3v) is 2.97. The summed E-state index contributed by atoms with van der Waals surface area (Å²) in [4.78, 5) is 22.9. The van der Waals surface area contributed by atoms with Gasteiger partial charge in [-0.15, -0.1) is 0 Å². The molecule has 0 aromatic heterocycles. The van der Waals surface area contributed by atoms with E-state index in [9.17, 15) is 9.59 Å². The highest BCUT2D eigenvalue weighted by atomic mass is 16.5. The third-order valence-electron chi connectivity index (χ3n) is 2.97. The van der Waals surface area contributed by atoms with Gasteiger partial charge in [0.2, 0.25) is 11.8 Å². The number of anilines is 1. The van der Waals surface area contributed by atoms with Gasteiger partial charge in [0, 0.05) is 12.1 Å². The van der Waals surface area contributed by atoms with Crippen LogP contribution in [0.3, 0.4) is 0 Å². The lowest BCUT2D eigenvalue weighted by molar-refractivity contribution is -0.122. The zero-order chi connectivity index (χ0) is 13.1. The van der Waals surface area contributed by atoms with E-state index in [0.29, 0.717) is 18.5 Å². The largest absolute Gasteiger partial charge is 0.496 e. The molecule has 5 nitrogen and oxygen atoms in total. The Kier molecular flexibility index (Phi) is 3.50. The topological polar surface area (TPSA) is 67.4 Å². The van der Waals surface area contributed by atoms with Gasteiger partial charge in [-0.05, 0) is 37.1 Å². The normalized spacial score (nSPS) is 18.3. The SMILES string of the molecule is COc1ccc(NC(=O)C2CCC(=O)N2)cc1C. The molecule has 1 aromatic rings. The molecule has 0 aliphatic carbocycles. The van der Waals surface area contributed by atoms with Crippen molar-refractivity contribution < 1.29 is 14.3 Å². The number of benzene rings is 1. The average molecular weight is 248 g/mol. The zero-order valence-electron chi connectivity index (χ0n) is 10.4. The van der Waals surface area contributed by atoms with Crippen molar-refractivity contribution in [3.8, 4) is 5.75 Å². The van der Waals surface area contributed by atoms with Crippen molar-refractivity contribution in [2.24, 2.45) is 0 Å². The molecule has 1 unspecified atom stereocenters. The van der Waals surface area contributed by atoms with Crippen molar-refractivity contribution in [3.63, 3.8) is 0 Å². The number of rotatable bonds is 3. The second-order valence-electron chi connectivity index (χ2n) is 4.33. The summed E-state index contributed by atoms with van der Waals surface area (Å²) in [5.74, 6) is 0.536. The molecule has 2 N–H and O–H groups in total. The first-order valence-corrected chi connectivity index (χ1v) is 5.85. The van der Waals surface area contributed by atoms with Crippen LogP contribution >= 0.6 is 0 Å². The van der Waals surface area contributed by atoms with Gasteiger partial charge in [-0.1, -0.05) is 0 Å². The quantitative estimate of drug-likeness (QED) is 0.845. The van der Waals surface area contributed by atoms with Gasteiger partial charge in [0.05, 0.1) is 7.11 Å². The molecule has 0 bridgehead atoms. The summed E-state index contributed by atoms with van der Waals surface area (Å²) in [5, 5.41) is 5.42. The standard InChI is InChI=1S/C13H16N2O3/c1-8-7-9(3-5-11(8)18-2)14-13(17)10-4-6-12(16)15-10/h3,5,7,10H,4,6H2,1-2H3,(H,14,17)(H,15,16). The molecule has 1 aromatic carbocycles. The molecule has 1 saturated heterocycles. The number of carbonyl (C=O) groups is 2. The molecular formula is C13H16N2O3. The highest BCUT2D eigenvalue weighted by Gasteiger charge is 2.27. The van der Waals surface area contributed by atoms with E-state index in [4.69, 9.17) is 4.74 Å². The molecule has 5 heteroatoms. The number of hydrogen-bond acceptors (Lipinski definition) is 3. The van der Waals surface area contributed by atoms with Crippen LogP contribution in [0.5, 0.6) is 5.75 Å². The molecule has 96 valence electrons. The van der Waals surface area contributed by atoms with Gasteiger partial charge >= 0.3 is 0 Å². The summed E-state index contributed by atoms with van der Waals surface area (Å²) >= 11 is 0. The number of ether oxygens (including phenoxy) is 1. The van der Waals surface area contributed by atoms with Crippen molar-refractivity contribution in [1.82, 2.24) is 5.32 Å². The molecule has 0 radical (unpaired) electrons.